The summed E-state index contributed by atoms with van der Waals surface area (Å²) in [5, 5.41) is 0. The molecule has 5 rings (SSSR count). The third-order valence-electron chi connectivity index (χ3n) is 10.1. The fourth-order valence-corrected chi connectivity index (χ4v) is 8.62. The van der Waals surface area contributed by atoms with E-state index in [4.69, 9.17) is 4.74 Å². The Kier molecular flexibility index (Phi) is 4.53. The number of carbonyl (C=O) groups is 1. The van der Waals surface area contributed by atoms with E-state index >= 15 is 0 Å². The Balaban J connectivity index is 1.46. The summed E-state index contributed by atoms with van der Waals surface area (Å²) in [6.45, 7) is 5.11. The molecule has 158 valence electrons. The van der Waals surface area contributed by atoms with Crippen molar-refractivity contribution in [2.45, 2.75) is 77.2 Å². The maximum Gasteiger partial charge on any atom is 0.222 e. The number of nitrogens with zero attached hydrogens (tertiary/aromatic N) is 1. The largest absolute Gasteiger partial charge is 0.496 e. The number of methoxy groups -OCH3 is 1. The van der Waals surface area contributed by atoms with E-state index in [1.54, 1.807) is 0 Å². The van der Waals surface area contributed by atoms with Crippen molar-refractivity contribution in [1.82, 2.24) is 4.90 Å². The van der Waals surface area contributed by atoms with E-state index in [0.29, 0.717) is 28.7 Å². The second-order valence-electron chi connectivity index (χ2n) is 10.9. The van der Waals surface area contributed by atoms with Gasteiger partial charge in [0.2, 0.25) is 5.91 Å². The summed E-state index contributed by atoms with van der Waals surface area (Å²) >= 11 is 0. The van der Waals surface area contributed by atoms with Crippen LogP contribution in [0.2, 0.25) is 0 Å². The van der Waals surface area contributed by atoms with Crippen LogP contribution < -0.4 is 4.74 Å². The first-order valence-electron chi connectivity index (χ1n) is 11.8. The van der Waals surface area contributed by atoms with E-state index in [2.05, 4.69) is 50.1 Å². The van der Waals surface area contributed by atoms with Crippen LogP contribution in [0.1, 0.15) is 76.7 Å². The van der Waals surface area contributed by atoms with Gasteiger partial charge >= 0.3 is 0 Å². The normalized spacial score (nSPS) is 44.1. The summed E-state index contributed by atoms with van der Waals surface area (Å²) in [5.41, 5.74) is 2.13. The van der Waals surface area contributed by atoms with E-state index in [9.17, 15) is 4.79 Å². The third kappa shape index (κ3) is 2.65. The van der Waals surface area contributed by atoms with Crippen LogP contribution in [0.4, 0.5) is 0 Å². The Morgan fingerprint density at radius 3 is 2.52 bits per heavy atom. The lowest BCUT2D eigenvalue weighted by Gasteiger charge is -2.61. The molecule has 3 aliphatic carbocycles. The highest BCUT2D eigenvalue weighted by Crippen LogP contribution is 2.68. The van der Waals surface area contributed by atoms with Gasteiger partial charge in [0, 0.05) is 19.5 Å². The Morgan fingerprint density at radius 2 is 1.72 bits per heavy atom. The predicted octanol–water partition coefficient (Wildman–Crippen LogP) is 5.64. The molecule has 0 radical (unpaired) electrons. The molecule has 3 heteroatoms. The number of hydrogen-bond donors (Lipinski definition) is 0. The minimum Gasteiger partial charge on any atom is -0.496 e. The summed E-state index contributed by atoms with van der Waals surface area (Å²) < 4.78 is 5.76. The van der Waals surface area contributed by atoms with Crippen LogP contribution in [-0.2, 0) is 4.79 Å². The quantitative estimate of drug-likeness (QED) is 0.648. The molecule has 2 unspecified atom stereocenters. The smallest absolute Gasteiger partial charge is 0.222 e. The number of carbonyl (C=O) groups excluding carboxylic acids is 1. The first kappa shape index (κ1) is 19.5. The molecule has 1 aromatic carbocycles. The van der Waals surface area contributed by atoms with Gasteiger partial charge in [0.15, 0.2) is 0 Å². The summed E-state index contributed by atoms with van der Waals surface area (Å²) in [6, 6.07) is 9.18. The Bertz CT molecular complexity index is 806. The number of para-hydroxylation sites is 1. The molecule has 1 aromatic rings. The number of fused-ring (bicyclic) bond motifs is 5. The van der Waals surface area contributed by atoms with Gasteiger partial charge in [-0.3, -0.25) is 4.79 Å². The van der Waals surface area contributed by atoms with Crippen molar-refractivity contribution in [3.8, 4) is 5.75 Å². The maximum atomic E-state index is 12.4. The number of amides is 1. The molecule has 0 aromatic heterocycles. The molecule has 4 fully saturated rings. The van der Waals surface area contributed by atoms with Gasteiger partial charge in [-0.2, -0.15) is 0 Å². The van der Waals surface area contributed by atoms with E-state index in [-0.39, 0.29) is 0 Å². The minimum absolute atomic E-state index is 0.315. The van der Waals surface area contributed by atoms with Crippen LogP contribution in [0.15, 0.2) is 24.3 Å². The zero-order valence-electron chi connectivity index (χ0n) is 18.6. The van der Waals surface area contributed by atoms with Gasteiger partial charge in [0.1, 0.15) is 5.75 Å². The fourth-order valence-electron chi connectivity index (χ4n) is 8.62. The highest BCUT2D eigenvalue weighted by Gasteiger charge is 2.61. The lowest BCUT2D eigenvalue weighted by molar-refractivity contribution is -0.157. The average Bonchev–Trinajstić information content (AvgIpc) is 3.08. The average molecular weight is 396 g/mol. The van der Waals surface area contributed by atoms with E-state index in [1.807, 2.05) is 7.11 Å². The molecule has 3 nitrogen and oxygen atoms in total. The van der Waals surface area contributed by atoms with Crippen molar-refractivity contribution >= 4 is 5.91 Å². The van der Waals surface area contributed by atoms with Crippen molar-refractivity contribution in [3.63, 3.8) is 0 Å². The summed E-state index contributed by atoms with van der Waals surface area (Å²) in [6.07, 6.45) is 9.66. The fraction of sp³-hybridized carbons (Fsp3) is 0.731. The molecule has 0 spiro atoms. The summed E-state index contributed by atoms with van der Waals surface area (Å²) in [4.78, 5) is 14.5. The number of ether oxygens (including phenoxy) is 1. The summed E-state index contributed by atoms with van der Waals surface area (Å²) in [7, 11) is 3.87. The molecule has 1 amide bonds. The van der Waals surface area contributed by atoms with Crippen molar-refractivity contribution in [1.29, 1.82) is 0 Å². The number of rotatable bonds is 2. The number of benzene rings is 1. The monoisotopic (exact) mass is 395 g/mol. The minimum atomic E-state index is 0.315. The van der Waals surface area contributed by atoms with Gasteiger partial charge in [0.05, 0.1) is 7.11 Å². The lowest BCUT2D eigenvalue weighted by Crippen LogP contribution is -2.61. The Labute approximate surface area is 176 Å². The molecule has 0 N–H and O–H groups in total. The molecule has 0 bridgehead atoms. The second kappa shape index (κ2) is 6.75. The first-order valence-corrected chi connectivity index (χ1v) is 11.8. The van der Waals surface area contributed by atoms with Crippen LogP contribution in [0.3, 0.4) is 0 Å². The number of piperidine rings is 1. The van der Waals surface area contributed by atoms with Crippen LogP contribution in [0, 0.1) is 28.6 Å². The predicted molar refractivity (Wildman–Crippen MR) is 116 cm³/mol. The van der Waals surface area contributed by atoms with Crippen LogP contribution >= 0.6 is 0 Å². The Morgan fingerprint density at radius 1 is 0.966 bits per heavy atom. The molecule has 1 heterocycles. The lowest BCUT2D eigenvalue weighted by atomic mass is 9.46. The topological polar surface area (TPSA) is 29.5 Å². The van der Waals surface area contributed by atoms with E-state index in [0.717, 1.165) is 36.3 Å². The van der Waals surface area contributed by atoms with Crippen LogP contribution in [-0.4, -0.2) is 31.0 Å². The molecular weight excluding hydrogens is 358 g/mol. The molecule has 3 saturated carbocycles. The highest BCUT2D eigenvalue weighted by molar-refractivity contribution is 5.77. The van der Waals surface area contributed by atoms with Gasteiger partial charge in [-0.15, -0.1) is 0 Å². The van der Waals surface area contributed by atoms with E-state index < -0.39 is 0 Å². The standard InChI is InChI=1S/C26H37NO2/c1-25-15-13-21-17(9-12-23-26(21,2)16-14-24(28)27(23)3)19(25)10-11-20(25)18-7-5-6-8-22(18)29-4/h5-8,17,19-21,23H,9-16H2,1-4H3/t17-,19-,20?,21+,23?,25-,26+/m0/s1. The molecule has 1 saturated heterocycles. The number of likely N-dealkylation sites (tertiary alicyclic amines) is 1. The van der Waals surface area contributed by atoms with Crippen molar-refractivity contribution in [2.75, 3.05) is 14.2 Å². The maximum absolute atomic E-state index is 12.4. The van der Waals surface area contributed by atoms with Gasteiger partial charge < -0.3 is 9.64 Å². The molecule has 29 heavy (non-hydrogen) atoms. The van der Waals surface area contributed by atoms with Gasteiger partial charge in [-0.05, 0) is 91.1 Å². The molecule has 7 atom stereocenters. The zero-order chi connectivity index (χ0) is 20.4. The highest BCUT2D eigenvalue weighted by atomic mass is 16.5. The summed E-state index contributed by atoms with van der Waals surface area (Å²) in [5.74, 6) is 4.48. The van der Waals surface area contributed by atoms with Gasteiger partial charge in [-0.1, -0.05) is 32.0 Å². The second-order valence-corrected chi connectivity index (χ2v) is 10.9. The zero-order valence-corrected chi connectivity index (χ0v) is 18.6. The van der Waals surface area contributed by atoms with Gasteiger partial charge in [0.25, 0.3) is 0 Å². The molecule has 4 aliphatic rings. The Hall–Kier alpha value is -1.51. The number of hydrogen-bond acceptors (Lipinski definition) is 2. The van der Waals surface area contributed by atoms with E-state index in [1.165, 1.54) is 44.1 Å². The SMILES string of the molecule is COc1ccccc1C1CC[C@H]2[C@@H]3CCC4N(C)C(=O)CC[C@]4(C)[C@@H]3CC[C@]12C. The molecule has 1 aliphatic heterocycles. The van der Waals surface area contributed by atoms with Crippen LogP contribution in [0.5, 0.6) is 5.75 Å². The molecular formula is C26H37NO2. The first-order chi connectivity index (χ1) is 13.9. The van der Waals surface area contributed by atoms with Crippen molar-refractivity contribution < 1.29 is 9.53 Å². The van der Waals surface area contributed by atoms with Gasteiger partial charge in [-0.25, -0.2) is 0 Å². The van der Waals surface area contributed by atoms with Crippen molar-refractivity contribution in [3.05, 3.63) is 29.8 Å². The van der Waals surface area contributed by atoms with Crippen LogP contribution in [0.25, 0.3) is 0 Å². The third-order valence-corrected chi connectivity index (χ3v) is 10.1. The van der Waals surface area contributed by atoms with Crippen molar-refractivity contribution in [2.24, 2.45) is 28.6 Å².